The summed E-state index contributed by atoms with van der Waals surface area (Å²) in [5.41, 5.74) is -0.859. The lowest BCUT2D eigenvalue weighted by atomic mass is 10.1. The molecule has 1 heterocycles. The Labute approximate surface area is 95.2 Å². The molecule has 0 bridgehead atoms. The Morgan fingerprint density at radius 2 is 2.00 bits per heavy atom. The van der Waals surface area contributed by atoms with E-state index in [-0.39, 0.29) is 12.5 Å². The van der Waals surface area contributed by atoms with Crippen molar-refractivity contribution < 1.29 is 19.6 Å². The highest BCUT2D eigenvalue weighted by atomic mass is 16.3. The number of likely N-dealkylation sites (N-methyl/N-ethyl adjacent to an activating group) is 1. The van der Waals surface area contributed by atoms with Crippen LogP contribution in [-0.2, 0) is 4.79 Å². The maximum Gasteiger partial charge on any atom is 0.325 e. The molecule has 1 aliphatic rings. The molecule has 0 aliphatic carbocycles. The topological polar surface area (TPSA) is 74.1 Å². The number of β-amino-alcohol motifs (C(OH)–C–C–N with tert-alkyl or cyclic N) is 1. The van der Waals surface area contributed by atoms with Crippen molar-refractivity contribution in [1.82, 2.24) is 10.2 Å². The fraction of sp³-hybridized carbons (Fsp3) is 0.800. The third-order valence-corrected chi connectivity index (χ3v) is 2.48. The van der Waals surface area contributed by atoms with Gasteiger partial charge in [-0.05, 0) is 13.8 Å². The summed E-state index contributed by atoms with van der Waals surface area (Å²) in [6.45, 7) is 3.85. The minimum absolute atomic E-state index is 0.0548. The number of carbonyl (C=O) groups excluding carboxylic acids is 2. The summed E-state index contributed by atoms with van der Waals surface area (Å²) < 4.78 is 0. The van der Waals surface area contributed by atoms with E-state index >= 15 is 0 Å². The van der Waals surface area contributed by atoms with Crippen molar-refractivity contribution in [3.05, 3.63) is 0 Å². The molecule has 0 saturated carbocycles. The summed E-state index contributed by atoms with van der Waals surface area (Å²) in [5, 5.41) is 12.3. The molecule has 16 heavy (non-hydrogen) atoms. The molecule has 3 amide bonds. The highest BCUT2D eigenvalue weighted by Gasteiger charge is 2.44. The first-order chi connectivity index (χ1) is 7.24. The smallest absolute Gasteiger partial charge is 0.325 e. The molecule has 1 fully saturated rings. The van der Waals surface area contributed by atoms with Gasteiger partial charge in [-0.3, -0.25) is 9.69 Å². The van der Waals surface area contributed by atoms with Gasteiger partial charge in [0.25, 0.3) is 5.91 Å². The van der Waals surface area contributed by atoms with E-state index in [2.05, 4.69) is 5.32 Å². The van der Waals surface area contributed by atoms with Gasteiger partial charge in [-0.1, -0.05) is 0 Å². The summed E-state index contributed by atoms with van der Waals surface area (Å²) >= 11 is 0. The van der Waals surface area contributed by atoms with E-state index < -0.39 is 17.7 Å². The van der Waals surface area contributed by atoms with Crippen molar-refractivity contribution in [1.29, 1.82) is 0 Å². The van der Waals surface area contributed by atoms with Gasteiger partial charge in [-0.15, -0.1) is 0 Å². The molecule has 0 radical (unpaired) electrons. The maximum absolute atomic E-state index is 11.8. The van der Waals surface area contributed by atoms with Gasteiger partial charge in [-0.2, -0.15) is 0 Å². The van der Waals surface area contributed by atoms with Gasteiger partial charge in [0.15, 0.2) is 0 Å². The minimum Gasteiger partial charge on any atom is -0.385 e. The minimum atomic E-state index is -0.859. The van der Waals surface area contributed by atoms with Gasteiger partial charge in [0.05, 0.1) is 20.6 Å². The predicted molar refractivity (Wildman–Crippen MR) is 58.0 cm³/mol. The van der Waals surface area contributed by atoms with Gasteiger partial charge in [0.2, 0.25) is 0 Å². The average molecular weight is 230 g/mol. The lowest BCUT2D eigenvalue weighted by Crippen LogP contribution is -3.07. The quantitative estimate of drug-likeness (QED) is 0.481. The highest BCUT2D eigenvalue weighted by Crippen LogP contribution is 2.16. The SMILES string of the molecule is C[NH+](C)C[C@H](O)CN1C(=O)NC(C)(C)C1=O. The number of rotatable bonds is 4. The Balaban J connectivity index is 2.61. The Bertz CT molecular complexity index is 302. The molecule has 1 saturated heterocycles. The number of urea groups is 1. The molecule has 6 heteroatoms. The number of nitrogens with zero attached hydrogens (tertiary/aromatic N) is 1. The molecule has 0 aromatic carbocycles. The normalized spacial score (nSPS) is 21.5. The maximum atomic E-state index is 11.8. The van der Waals surface area contributed by atoms with E-state index in [1.807, 2.05) is 14.1 Å². The lowest BCUT2D eigenvalue weighted by Gasteiger charge is -2.19. The Kier molecular flexibility index (Phi) is 3.54. The molecular formula is C10H20N3O3+. The van der Waals surface area contributed by atoms with Gasteiger partial charge in [0.1, 0.15) is 18.2 Å². The van der Waals surface area contributed by atoms with Crippen LogP contribution in [0.1, 0.15) is 13.8 Å². The first-order valence-corrected chi connectivity index (χ1v) is 5.35. The van der Waals surface area contributed by atoms with E-state index in [1.165, 1.54) is 0 Å². The largest absolute Gasteiger partial charge is 0.385 e. The van der Waals surface area contributed by atoms with Crippen molar-refractivity contribution in [2.24, 2.45) is 0 Å². The Morgan fingerprint density at radius 1 is 1.44 bits per heavy atom. The molecule has 1 rings (SSSR count). The molecule has 0 unspecified atom stereocenters. The third-order valence-electron chi connectivity index (χ3n) is 2.48. The van der Waals surface area contributed by atoms with Crippen molar-refractivity contribution >= 4 is 11.9 Å². The van der Waals surface area contributed by atoms with Crippen molar-refractivity contribution in [2.45, 2.75) is 25.5 Å². The summed E-state index contributed by atoms with van der Waals surface area (Å²) in [6.07, 6.45) is -0.686. The summed E-state index contributed by atoms with van der Waals surface area (Å²) in [7, 11) is 3.80. The van der Waals surface area contributed by atoms with Crippen LogP contribution in [0, 0.1) is 0 Å². The molecule has 92 valence electrons. The number of nitrogens with one attached hydrogen (secondary N) is 2. The standard InChI is InChI=1S/C10H19N3O3/c1-10(2)8(15)13(9(16)11-10)6-7(14)5-12(3)4/h7,14H,5-6H2,1-4H3,(H,11,16)/p+1/t7-/m0/s1. The first kappa shape index (κ1) is 12.9. The molecule has 0 aromatic heterocycles. The molecule has 1 aliphatic heterocycles. The van der Waals surface area contributed by atoms with Gasteiger partial charge < -0.3 is 15.3 Å². The Morgan fingerprint density at radius 3 is 2.38 bits per heavy atom. The zero-order chi connectivity index (χ0) is 12.5. The Hall–Kier alpha value is -1.14. The molecule has 6 nitrogen and oxygen atoms in total. The van der Waals surface area contributed by atoms with Crippen LogP contribution in [0.4, 0.5) is 4.79 Å². The zero-order valence-corrected chi connectivity index (χ0v) is 10.2. The zero-order valence-electron chi connectivity index (χ0n) is 10.2. The first-order valence-electron chi connectivity index (χ1n) is 5.35. The summed E-state index contributed by atoms with van der Waals surface area (Å²) in [5.74, 6) is -0.287. The van der Waals surface area contributed by atoms with E-state index in [4.69, 9.17) is 0 Å². The number of aliphatic hydroxyl groups is 1. The van der Waals surface area contributed by atoms with Gasteiger partial charge in [0, 0.05) is 0 Å². The van der Waals surface area contributed by atoms with Crippen LogP contribution >= 0.6 is 0 Å². The second-order valence-electron chi connectivity index (χ2n) is 5.04. The van der Waals surface area contributed by atoms with Crippen LogP contribution in [0.3, 0.4) is 0 Å². The fourth-order valence-electron chi connectivity index (χ4n) is 1.73. The monoisotopic (exact) mass is 230 g/mol. The molecular weight excluding hydrogens is 210 g/mol. The van der Waals surface area contributed by atoms with Crippen LogP contribution in [0.5, 0.6) is 0 Å². The number of amides is 3. The summed E-state index contributed by atoms with van der Waals surface area (Å²) in [4.78, 5) is 25.4. The van der Waals surface area contributed by atoms with Crippen molar-refractivity contribution in [2.75, 3.05) is 27.2 Å². The van der Waals surface area contributed by atoms with Gasteiger partial charge >= 0.3 is 6.03 Å². The number of hydrogen-bond acceptors (Lipinski definition) is 3. The van der Waals surface area contributed by atoms with Crippen LogP contribution < -0.4 is 10.2 Å². The third kappa shape index (κ3) is 2.70. The molecule has 3 N–H and O–H groups in total. The fourth-order valence-corrected chi connectivity index (χ4v) is 1.73. The number of aliphatic hydroxyl groups excluding tert-OH is 1. The van der Waals surface area contributed by atoms with Crippen LogP contribution in [0.25, 0.3) is 0 Å². The number of hydrogen-bond donors (Lipinski definition) is 3. The van der Waals surface area contributed by atoms with Crippen LogP contribution in [0.2, 0.25) is 0 Å². The van der Waals surface area contributed by atoms with E-state index in [0.29, 0.717) is 6.54 Å². The molecule has 0 spiro atoms. The number of carbonyl (C=O) groups is 2. The lowest BCUT2D eigenvalue weighted by molar-refractivity contribution is -0.861. The van der Waals surface area contributed by atoms with Crippen molar-refractivity contribution in [3.8, 4) is 0 Å². The molecule has 0 aromatic rings. The molecule has 1 atom stereocenters. The summed E-state index contributed by atoms with van der Waals surface area (Å²) in [6, 6.07) is -0.428. The van der Waals surface area contributed by atoms with E-state index in [0.717, 1.165) is 9.80 Å². The van der Waals surface area contributed by atoms with E-state index in [9.17, 15) is 14.7 Å². The van der Waals surface area contributed by atoms with Crippen LogP contribution in [-0.4, -0.2) is 60.8 Å². The van der Waals surface area contributed by atoms with Crippen molar-refractivity contribution in [3.63, 3.8) is 0 Å². The second kappa shape index (κ2) is 4.39. The predicted octanol–water partition coefficient (Wildman–Crippen LogP) is -2.18. The average Bonchev–Trinajstić information content (AvgIpc) is 2.26. The highest BCUT2D eigenvalue weighted by molar-refractivity contribution is 6.06. The number of quaternary nitrogens is 1. The second-order valence-corrected chi connectivity index (χ2v) is 5.04. The van der Waals surface area contributed by atoms with E-state index in [1.54, 1.807) is 13.8 Å². The number of imide groups is 1. The van der Waals surface area contributed by atoms with Gasteiger partial charge in [-0.25, -0.2) is 4.79 Å². The van der Waals surface area contributed by atoms with Crippen LogP contribution in [0.15, 0.2) is 0 Å².